The molecule has 0 bridgehead atoms. The summed E-state index contributed by atoms with van der Waals surface area (Å²) in [5, 5.41) is 20.9. The summed E-state index contributed by atoms with van der Waals surface area (Å²) in [6.07, 6.45) is 0. The van der Waals surface area contributed by atoms with Crippen LogP contribution in [0, 0.1) is 0 Å². The van der Waals surface area contributed by atoms with E-state index in [0.717, 1.165) is 32.4 Å². The molecule has 0 aliphatic heterocycles. The van der Waals surface area contributed by atoms with Crippen LogP contribution in [0.5, 0.6) is 23.0 Å². The molecule has 0 radical (unpaired) electrons. The summed E-state index contributed by atoms with van der Waals surface area (Å²) in [4.78, 5) is 1.53. The van der Waals surface area contributed by atoms with Crippen molar-refractivity contribution in [3.8, 4) is 23.0 Å². The van der Waals surface area contributed by atoms with Crippen LogP contribution in [0.1, 0.15) is 52.7 Å². The largest absolute Gasteiger partial charge is 0.507 e. The maximum absolute atomic E-state index is 10.4. The van der Waals surface area contributed by atoms with Crippen LogP contribution in [-0.2, 0) is 5.41 Å². The highest BCUT2D eigenvalue weighted by molar-refractivity contribution is 7.99. The van der Waals surface area contributed by atoms with Gasteiger partial charge < -0.3 is 19.7 Å². The first-order valence-corrected chi connectivity index (χ1v) is 12.0. The fraction of sp³-hybridized carbons (Fsp3) is 0.478. The van der Waals surface area contributed by atoms with E-state index in [9.17, 15) is 10.2 Å². The van der Waals surface area contributed by atoms with Gasteiger partial charge in [0.1, 0.15) is 23.0 Å². The maximum Gasteiger partial charge on any atom is 0.140 e. The molecule has 0 heterocycles. The van der Waals surface area contributed by atoms with Crippen LogP contribution in [0.15, 0.2) is 34.1 Å². The van der Waals surface area contributed by atoms with E-state index in [4.69, 9.17) is 9.47 Å². The highest BCUT2D eigenvalue weighted by atomic mass is 32.2. The number of phenolic OH excluding ortho intramolecular Hbond substituents is 2. The van der Waals surface area contributed by atoms with Crippen molar-refractivity contribution in [3.05, 3.63) is 35.4 Å². The predicted octanol–water partition coefficient (Wildman–Crippen LogP) is 6.45. The lowest BCUT2D eigenvalue weighted by atomic mass is 9.77. The van der Waals surface area contributed by atoms with Crippen LogP contribution in [0.4, 0.5) is 0 Å². The number of rotatable bonds is 10. The van der Waals surface area contributed by atoms with Gasteiger partial charge in [0.05, 0.1) is 23.0 Å². The summed E-state index contributed by atoms with van der Waals surface area (Å²) in [7, 11) is 0. The van der Waals surface area contributed by atoms with Gasteiger partial charge in [-0.3, -0.25) is 0 Å². The zero-order valence-electron chi connectivity index (χ0n) is 18.2. The van der Waals surface area contributed by atoms with Crippen LogP contribution < -0.4 is 9.47 Å². The van der Waals surface area contributed by atoms with Crippen LogP contribution in [0.3, 0.4) is 0 Å². The first-order chi connectivity index (χ1) is 13.8. The molecule has 160 valence electrons. The van der Waals surface area contributed by atoms with E-state index in [-0.39, 0.29) is 11.5 Å². The van der Waals surface area contributed by atoms with E-state index in [2.05, 4.69) is 27.7 Å². The highest BCUT2D eigenvalue weighted by Crippen LogP contribution is 2.50. The van der Waals surface area contributed by atoms with Gasteiger partial charge in [-0.25, -0.2) is 0 Å². The lowest BCUT2D eigenvalue weighted by molar-refractivity contribution is 0.309. The Labute approximate surface area is 183 Å². The number of hydrogen-bond donors (Lipinski definition) is 2. The van der Waals surface area contributed by atoms with E-state index >= 15 is 0 Å². The number of hydrogen-bond acceptors (Lipinski definition) is 6. The third-order valence-corrected chi connectivity index (χ3v) is 6.63. The average molecular weight is 437 g/mol. The molecule has 29 heavy (non-hydrogen) atoms. The Kier molecular flexibility index (Phi) is 8.46. The molecule has 4 nitrogen and oxygen atoms in total. The van der Waals surface area contributed by atoms with Crippen molar-refractivity contribution >= 4 is 23.5 Å². The van der Waals surface area contributed by atoms with Crippen molar-refractivity contribution in [1.29, 1.82) is 0 Å². The normalized spacial score (nSPS) is 11.5. The number of thioether (sulfide) groups is 2. The van der Waals surface area contributed by atoms with Gasteiger partial charge in [0, 0.05) is 16.5 Å². The maximum atomic E-state index is 10.4. The lowest BCUT2D eigenvalue weighted by Gasteiger charge is -2.32. The average Bonchev–Trinajstić information content (AvgIpc) is 2.67. The van der Waals surface area contributed by atoms with Crippen LogP contribution in [0.2, 0.25) is 0 Å². The second kappa shape index (κ2) is 10.4. The monoisotopic (exact) mass is 436 g/mol. The molecular formula is C23H32O4S2. The van der Waals surface area contributed by atoms with Gasteiger partial charge >= 0.3 is 0 Å². The first-order valence-electron chi connectivity index (χ1n) is 10.1. The molecule has 0 atom stereocenters. The molecule has 0 fully saturated rings. The molecule has 0 unspecified atom stereocenters. The minimum absolute atomic E-state index is 0.234. The molecule has 0 aliphatic carbocycles. The van der Waals surface area contributed by atoms with Crippen LogP contribution in [-0.4, -0.2) is 34.9 Å². The van der Waals surface area contributed by atoms with Crippen LogP contribution >= 0.6 is 23.5 Å². The fourth-order valence-corrected chi connectivity index (χ4v) is 4.99. The molecule has 2 aromatic rings. The number of benzene rings is 2. The standard InChI is InChI=1S/C23H32O4S2/c1-7-26-19-15(11-13-17(24)21(19)28-9-3)23(5,6)16-12-14-18(25)22(29-10-4)20(16)27-8-2/h11-14,24-25H,7-10H2,1-6H3. The molecular weight excluding hydrogens is 404 g/mol. The molecule has 0 aliphatic rings. The zero-order chi connectivity index (χ0) is 21.6. The van der Waals surface area contributed by atoms with E-state index in [1.807, 2.05) is 26.0 Å². The predicted molar refractivity (Wildman–Crippen MR) is 123 cm³/mol. The SMILES string of the molecule is CCOc1c(C(C)(C)c2ccc(O)c(SCC)c2OCC)ccc(O)c1SCC. The fourth-order valence-electron chi connectivity index (χ4n) is 3.38. The Morgan fingerprint density at radius 2 is 1.10 bits per heavy atom. The van der Waals surface area contributed by atoms with Crippen molar-refractivity contribution < 1.29 is 19.7 Å². The third kappa shape index (κ3) is 4.92. The molecule has 2 N–H and O–H groups in total. The second-order valence-electron chi connectivity index (χ2n) is 6.94. The molecule has 2 rings (SSSR count). The third-order valence-electron chi connectivity index (χ3n) is 4.68. The Morgan fingerprint density at radius 1 is 0.724 bits per heavy atom. The summed E-state index contributed by atoms with van der Waals surface area (Å²) in [6.45, 7) is 13.3. The molecule has 2 aromatic carbocycles. The topological polar surface area (TPSA) is 58.9 Å². The zero-order valence-corrected chi connectivity index (χ0v) is 19.8. The summed E-state index contributed by atoms with van der Waals surface area (Å²) >= 11 is 3.14. The van der Waals surface area contributed by atoms with Gasteiger partial charge in [0.15, 0.2) is 0 Å². The summed E-state index contributed by atoms with van der Waals surface area (Å²) < 4.78 is 12.1. The summed E-state index contributed by atoms with van der Waals surface area (Å²) in [6, 6.07) is 7.32. The van der Waals surface area contributed by atoms with Crippen LogP contribution in [0.25, 0.3) is 0 Å². The molecule has 0 aromatic heterocycles. The molecule has 0 saturated heterocycles. The van der Waals surface area contributed by atoms with E-state index in [0.29, 0.717) is 24.7 Å². The van der Waals surface area contributed by atoms with E-state index < -0.39 is 5.41 Å². The first kappa shape index (κ1) is 23.6. The van der Waals surface area contributed by atoms with Gasteiger partial charge in [0.2, 0.25) is 0 Å². The minimum Gasteiger partial charge on any atom is -0.507 e. The number of phenols is 2. The Morgan fingerprint density at radius 3 is 1.41 bits per heavy atom. The Bertz CT molecular complexity index is 767. The minimum atomic E-state index is -0.470. The lowest BCUT2D eigenvalue weighted by Crippen LogP contribution is -2.22. The highest BCUT2D eigenvalue weighted by Gasteiger charge is 2.33. The molecule has 6 heteroatoms. The summed E-state index contributed by atoms with van der Waals surface area (Å²) in [5.41, 5.74) is 1.49. The van der Waals surface area contributed by atoms with Gasteiger partial charge in [-0.2, -0.15) is 0 Å². The quantitative estimate of drug-likeness (QED) is 0.418. The molecule has 0 spiro atoms. The van der Waals surface area contributed by atoms with Crippen molar-refractivity contribution in [3.63, 3.8) is 0 Å². The smallest absolute Gasteiger partial charge is 0.140 e. The van der Waals surface area contributed by atoms with E-state index in [1.165, 1.54) is 0 Å². The van der Waals surface area contributed by atoms with Gasteiger partial charge in [-0.15, -0.1) is 23.5 Å². The number of ether oxygens (including phenoxy) is 2. The summed E-state index contributed by atoms with van der Waals surface area (Å²) in [5.74, 6) is 3.56. The van der Waals surface area contributed by atoms with E-state index in [1.54, 1.807) is 35.7 Å². The molecule has 0 amide bonds. The Balaban J connectivity index is 2.75. The Hall–Kier alpha value is -1.66. The van der Waals surface area contributed by atoms with Gasteiger partial charge in [0.25, 0.3) is 0 Å². The van der Waals surface area contributed by atoms with Gasteiger partial charge in [-0.1, -0.05) is 39.8 Å². The number of aromatic hydroxyl groups is 2. The molecule has 0 saturated carbocycles. The van der Waals surface area contributed by atoms with Crippen molar-refractivity contribution in [2.24, 2.45) is 0 Å². The van der Waals surface area contributed by atoms with Crippen molar-refractivity contribution in [2.75, 3.05) is 24.7 Å². The van der Waals surface area contributed by atoms with Crippen molar-refractivity contribution in [2.45, 2.75) is 56.7 Å². The van der Waals surface area contributed by atoms with Crippen molar-refractivity contribution in [1.82, 2.24) is 0 Å². The second-order valence-corrected chi connectivity index (χ2v) is 9.49. The van der Waals surface area contributed by atoms with Gasteiger partial charge in [-0.05, 0) is 37.5 Å².